The molecule has 1 atom stereocenters. The lowest BCUT2D eigenvalue weighted by atomic mass is 10.2. The molecule has 0 amide bonds. The van der Waals surface area contributed by atoms with E-state index in [-0.39, 0.29) is 10.9 Å². The number of carboxylic acids is 1. The van der Waals surface area contributed by atoms with Crippen molar-refractivity contribution in [3.8, 4) is 0 Å². The lowest BCUT2D eigenvalue weighted by Gasteiger charge is -2.22. The summed E-state index contributed by atoms with van der Waals surface area (Å²) in [6.45, 7) is 2.50. The third-order valence-electron chi connectivity index (χ3n) is 3.55. The van der Waals surface area contributed by atoms with Crippen molar-refractivity contribution < 1.29 is 18.3 Å². The zero-order valence-electron chi connectivity index (χ0n) is 11.8. The molecule has 21 heavy (non-hydrogen) atoms. The van der Waals surface area contributed by atoms with Crippen LogP contribution in [0.2, 0.25) is 0 Å². The molecule has 1 aromatic heterocycles. The molecule has 0 aliphatic carbocycles. The summed E-state index contributed by atoms with van der Waals surface area (Å²) in [4.78, 5) is 14.5. The van der Waals surface area contributed by atoms with Gasteiger partial charge in [-0.05, 0) is 37.0 Å². The first kappa shape index (κ1) is 15.7. The number of aromatic nitrogens is 1. The number of pyridine rings is 1. The molecule has 0 radical (unpaired) electrons. The van der Waals surface area contributed by atoms with Gasteiger partial charge in [0.05, 0.1) is 0 Å². The predicted molar refractivity (Wildman–Crippen MR) is 78.1 cm³/mol. The Kier molecular flexibility index (Phi) is 4.74. The second-order valence-electron chi connectivity index (χ2n) is 4.95. The summed E-state index contributed by atoms with van der Waals surface area (Å²) in [5.74, 6) is -1.09. The third-order valence-corrected chi connectivity index (χ3v) is 5.47. The SMILES string of the molecule is CCC1CCCN1S(=O)(=O)c1cncc(C=CC(=O)O)c1. The highest BCUT2D eigenvalue weighted by Gasteiger charge is 2.34. The number of hydrogen-bond acceptors (Lipinski definition) is 4. The zero-order chi connectivity index (χ0) is 15.5. The van der Waals surface area contributed by atoms with Gasteiger partial charge in [-0.1, -0.05) is 6.92 Å². The highest BCUT2D eigenvalue weighted by molar-refractivity contribution is 7.89. The van der Waals surface area contributed by atoms with Crippen molar-refractivity contribution in [3.63, 3.8) is 0 Å². The van der Waals surface area contributed by atoms with Crippen LogP contribution in [-0.2, 0) is 14.8 Å². The third kappa shape index (κ3) is 3.48. The van der Waals surface area contributed by atoms with E-state index in [0.29, 0.717) is 12.1 Å². The maximum Gasteiger partial charge on any atom is 0.328 e. The van der Waals surface area contributed by atoms with Crippen LogP contribution in [0.1, 0.15) is 31.7 Å². The maximum atomic E-state index is 12.6. The average Bonchev–Trinajstić information content (AvgIpc) is 2.94. The van der Waals surface area contributed by atoms with Gasteiger partial charge in [-0.3, -0.25) is 4.98 Å². The smallest absolute Gasteiger partial charge is 0.328 e. The average molecular weight is 310 g/mol. The van der Waals surface area contributed by atoms with E-state index in [1.54, 1.807) is 0 Å². The van der Waals surface area contributed by atoms with Gasteiger partial charge in [0.1, 0.15) is 4.90 Å². The Bertz CT molecular complexity index is 655. The zero-order valence-corrected chi connectivity index (χ0v) is 12.6. The van der Waals surface area contributed by atoms with Gasteiger partial charge < -0.3 is 5.11 Å². The summed E-state index contributed by atoms with van der Waals surface area (Å²) in [6.07, 6.45) is 7.54. The quantitative estimate of drug-likeness (QED) is 0.837. The van der Waals surface area contributed by atoms with Crippen LogP contribution in [0.5, 0.6) is 0 Å². The molecule has 2 rings (SSSR count). The van der Waals surface area contributed by atoms with E-state index in [0.717, 1.165) is 25.3 Å². The summed E-state index contributed by atoms with van der Waals surface area (Å²) < 4.78 is 26.8. The van der Waals surface area contributed by atoms with E-state index in [2.05, 4.69) is 4.98 Å². The molecule has 1 aromatic rings. The predicted octanol–water partition coefficient (Wildman–Crippen LogP) is 1.74. The van der Waals surface area contributed by atoms with E-state index in [4.69, 9.17) is 5.11 Å². The fourth-order valence-corrected chi connectivity index (χ4v) is 4.27. The van der Waals surface area contributed by atoms with Gasteiger partial charge in [-0.2, -0.15) is 4.31 Å². The first-order valence-electron chi connectivity index (χ1n) is 6.83. The Balaban J connectivity index is 2.32. The van der Waals surface area contributed by atoms with Crippen molar-refractivity contribution in [2.75, 3.05) is 6.54 Å². The van der Waals surface area contributed by atoms with Crippen molar-refractivity contribution in [1.82, 2.24) is 9.29 Å². The molecule has 0 bridgehead atoms. The molecule has 1 aliphatic heterocycles. The minimum atomic E-state index is -3.57. The number of hydrogen-bond donors (Lipinski definition) is 1. The molecule has 1 saturated heterocycles. The van der Waals surface area contributed by atoms with Gasteiger partial charge in [-0.25, -0.2) is 13.2 Å². The van der Waals surface area contributed by atoms with E-state index >= 15 is 0 Å². The Morgan fingerprint density at radius 2 is 2.29 bits per heavy atom. The molecule has 1 fully saturated rings. The van der Waals surface area contributed by atoms with Crippen LogP contribution in [0.4, 0.5) is 0 Å². The number of carboxylic acid groups (broad SMARTS) is 1. The molecular formula is C14H18N2O4S. The number of carbonyl (C=O) groups is 1. The van der Waals surface area contributed by atoms with Gasteiger partial charge in [0.2, 0.25) is 10.0 Å². The molecule has 0 saturated carbocycles. The van der Waals surface area contributed by atoms with Crippen LogP contribution in [0.15, 0.2) is 29.4 Å². The largest absolute Gasteiger partial charge is 0.478 e. The summed E-state index contributed by atoms with van der Waals surface area (Å²) in [5.41, 5.74) is 0.450. The van der Waals surface area contributed by atoms with Crippen LogP contribution >= 0.6 is 0 Å². The number of nitrogens with zero attached hydrogens (tertiary/aromatic N) is 2. The maximum absolute atomic E-state index is 12.6. The highest BCUT2D eigenvalue weighted by Crippen LogP contribution is 2.27. The van der Waals surface area contributed by atoms with Gasteiger partial charge in [0.15, 0.2) is 0 Å². The molecule has 114 valence electrons. The molecule has 2 heterocycles. The molecule has 6 nitrogen and oxygen atoms in total. The molecule has 1 N–H and O–H groups in total. The van der Waals surface area contributed by atoms with Crippen LogP contribution in [0.3, 0.4) is 0 Å². The van der Waals surface area contributed by atoms with Crippen LogP contribution < -0.4 is 0 Å². The van der Waals surface area contributed by atoms with E-state index in [1.807, 2.05) is 6.92 Å². The molecule has 0 spiro atoms. The first-order valence-corrected chi connectivity index (χ1v) is 8.27. The fraction of sp³-hybridized carbons (Fsp3) is 0.429. The summed E-state index contributed by atoms with van der Waals surface area (Å²) in [7, 11) is -3.57. The fourth-order valence-electron chi connectivity index (χ4n) is 2.50. The topological polar surface area (TPSA) is 87.6 Å². The second-order valence-corrected chi connectivity index (χ2v) is 6.84. The minimum absolute atomic E-state index is 0.0354. The second kappa shape index (κ2) is 6.36. The lowest BCUT2D eigenvalue weighted by molar-refractivity contribution is -0.131. The van der Waals surface area contributed by atoms with Crippen LogP contribution in [0, 0.1) is 0 Å². The van der Waals surface area contributed by atoms with Crippen LogP contribution in [0.25, 0.3) is 6.08 Å². The Labute approximate surface area is 124 Å². The number of sulfonamides is 1. The minimum Gasteiger partial charge on any atom is -0.478 e. The van der Waals surface area contributed by atoms with Gasteiger partial charge in [0, 0.05) is 31.1 Å². The van der Waals surface area contributed by atoms with Crippen molar-refractivity contribution in [3.05, 3.63) is 30.1 Å². The summed E-state index contributed by atoms with van der Waals surface area (Å²) in [6, 6.07) is 1.49. The molecule has 1 aliphatic rings. The monoisotopic (exact) mass is 310 g/mol. The summed E-state index contributed by atoms with van der Waals surface area (Å²) >= 11 is 0. The lowest BCUT2D eigenvalue weighted by Crippen LogP contribution is -2.35. The van der Waals surface area contributed by atoms with E-state index < -0.39 is 16.0 Å². The molecule has 7 heteroatoms. The summed E-state index contributed by atoms with van der Waals surface area (Å²) in [5, 5.41) is 8.61. The molecule has 1 unspecified atom stereocenters. The van der Waals surface area contributed by atoms with E-state index in [9.17, 15) is 13.2 Å². The van der Waals surface area contributed by atoms with Crippen molar-refractivity contribution in [2.45, 2.75) is 37.1 Å². The molecule has 0 aromatic carbocycles. The van der Waals surface area contributed by atoms with Crippen molar-refractivity contribution >= 4 is 22.1 Å². The van der Waals surface area contributed by atoms with Gasteiger partial charge in [0.25, 0.3) is 0 Å². The highest BCUT2D eigenvalue weighted by atomic mass is 32.2. The first-order chi connectivity index (χ1) is 9.95. The number of rotatable bonds is 5. The van der Waals surface area contributed by atoms with Crippen molar-refractivity contribution in [1.29, 1.82) is 0 Å². The Hall–Kier alpha value is -1.73. The van der Waals surface area contributed by atoms with Gasteiger partial charge >= 0.3 is 5.97 Å². The molecular weight excluding hydrogens is 292 g/mol. The number of aliphatic carboxylic acids is 1. The van der Waals surface area contributed by atoms with E-state index in [1.165, 1.54) is 28.8 Å². The van der Waals surface area contributed by atoms with Crippen LogP contribution in [-0.4, -0.2) is 41.4 Å². The van der Waals surface area contributed by atoms with Gasteiger partial charge in [-0.15, -0.1) is 0 Å². The standard InChI is InChI=1S/C14H18N2O4S/c1-2-12-4-3-7-16(12)21(19,20)13-8-11(9-15-10-13)5-6-14(17)18/h5-6,8-10,12H,2-4,7H2,1H3,(H,17,18). The Morgan fingerprint density at radius 3 is 2.95 bits per heavy atom. The Morgan fingerprint density at radius 1 is 1.52 bits per heavy atom. The van der Waals surface area contributed by atoms with Crippen molar-refractivity contribution in [2.24, 2.45) is 0 Å². The normalized spacial score (nSPS) is 20.1.